The van der Waals surface area contributed by atoms with Crippen molar-refractivity contribution in [3.05, 3.63) is 42.0 Å². The minimum absolute atomic E-state index is 0.0235. The second kappa shape index (κ2) is 10.4. The molecule has 11 heteroatoms. The number of anilines is 1. The first-order chi connectivity index (χ1) is 18.9. The highest BCUT2D eigenvalue weighted by molar-refractivity contribution is 6.07. The molecule has 1 aromatic heterocycles. The Hall–Kier alpha value is -3.62. The molecule has 0 spiro atoms. The lowest BCUT2D eigenvalue weighted by molar-refractivity contribution is -0.161. The van der Waals surface area contributed by atoms with Gasteiger partial charge in [-0.15, -0.1) is 0 Å². The highest BCUT2D eigenvalue weighted by atomic mass is 19.4. The second-order valence-corrected chi connectivity index (χ2v) is 11.3. The molecule has 1 saturated carbocycles. The van der Waals surface area contributed by atoms with E-state index < -0.39 is 29.7 Å². The van der Waals surface area contributed by atoms with E-state index in [0.29, 0.717) is 48.0 Å². The predicted octanol–water partition coefficient (Wildman–Crippen LogP) is 4.64. The summed E-state index contributed by atoms with van der Waals surface area (Å²) >= 11 is 0. The Morgan fingerprint density at radius 3 is 2.50 bits per heavy atom. The van der Waals surface area contributed by atoms with Crippen LogP contribution in [0.2, 0.25) is 0 Å². The Morgan fingerprint density at radius 2 is 1.88 bits per heavy atom. The molecule has 2 aliphatic rings. The number of likely N-dealkylation sites (N-methyl/N-ethyl adjacent to an activating group) is 1. The van der Waals surface area contributed by atoms with Crippen LogP contribution in [-0.4, -0.2) is 61.2 Å². The molecule has 212 valence electrons. The van der Waals surface area contributed by atoms with E-state index in [1.54, 1.807) is 23.1 Å². The summed E-state index contributed by atoms with van der Waals surface area (Å²) in [5.41, 5.74) is 0.411. The van der Waals surface area contributed by atoms with Crippen LogP contribution in [0.5, 0.6) is 0 Å². The summed E-state index contributed by atoms with van der Waals surface area (Å²) in [7, 11) is 1.88. The Labute approximate surface area is 230 Å². The van der Waals surface area contributed by atoms with Crippen LogP contribution in [0.1, 0.15) is 44.7 Å². The van der Waals surface area contributed by atoms with Crippen molar-refractivity contribution in [2.45, 2.75) is 56.9 Å². The van der Waals surface area contributed by atoms with Crippen LogP contribution in [0.15, 0.2) is 40.8 Å². The summed E-state index contributed by atoms with van der Waals surface area (Å²) in [6.45, 7) is 5.24. The highest BCUT2D eigenvalue weighted by Gasteiger charge is 2.47. The fourth-order valence-electron chi connectivity index (χ4n) is 5.21. The molecule has 0 radical (unpaired) electrons. The molecular weight excluding hydrogens is 523 g/mol. The van der Waals surface area contributed by atoms with Crippen molar-refractivity contribution < 1.29 is 27.2 Å². The number of hydrogen-bond acceptors (Lipinski definition) is 6. The molecule has 1 aliphatic heterocycles. The van der Waals surface area contributed by atoms with Crippen LogP contribution in [-0.2, 0) is 9.59 Å². The van der Waals surface area contributed by atoms with Gasteiger partial charge < -0.3 is 14.6 Å². The molecule has 2 aromatic carbocycles. The smallest absolute Gasteiger partial charge is 0.407 e. The van der Waals surface area contributed by atoms with Gasteiger partial charge in [0, 0.05) is 29.5 Å². The maximum atomic E-state index is 14.4. The number of carbonyl (C=O) groups excluding carboxylic acids is 2. The fourth-order valence-corrected chi connectivity index (χ4v) is 5.21. The third kappa shape index (κ3) is 5.64. The zero-order valence-electron chi connectivity index (χ0n) is 22.6. The summed E-state index contributed by atoms with van der Waals surface area (Å²) in [6.07, 6.45) is -3.56. The second-order valence-electron chi connectivity index (χ2n) is 11.3. The number of furan rings is 1. The molecule has 2 atom stereocenters. The number of nitrogens with zero attached hydrogens (tertiary/aromatic N) is 3. The number of piperazine rings is 1. The number of amides is 2. The summed E-state index contributed by atoms with van der Waals surface area (Å²) < 4.78 is 49.1. The third-order valence-electron chi connectivity index (χ3n) is 7.58. The first kappa shape index (κ1) is 27.9. The van der Waals surface area contributed by atoms with Gasteiger partial charge in [-0.1, -0.05) is 26.0 Å². The number of fused-ring (bicyclic) bond motifs is 3. The van der Waals surface area contributed by atoms with Gasteiger partial charge in [-0.05, 0) is 62.1 Å². The lowest BCUT2D eigenvalue weighted by Gasteiger charge is -2.32. The number of nitrogens with one attached hydrogen (secondary N) is 2. The number of nitriles is 1. The molecule has 2 heterocycles. The molecule has 2 fully saturated rings. The van der Waals surface area contributed by atoms with Crippen LogP contribution >= 0.6 is 0 Å². The summed E-state index contributed by atoms with van der Waals surface area (Å²) in [4.78, 5) is 29.2. The Morgan fingerprint density at radius 1 is 1.12 bits per heavy atom. The predicted molar refractivity (Wildman–Crippen MR) is 144 cm³/mol. The zero-order valence-corrected chi connectivity index (χ0v) is 22.6. The van der Waals surface area contributed by atoms with Gasteiger partial charge in [-0.3, -0.25) is 19.8 Å². The fraction of sp³-hybridized carbons (Fsp3) is 0.483. The summed E-state index contributed by atoms with van der Waals surface area (Å²) in [6, 6.07) is 8.42. The maximum Gasteiger partial charge on any atom is 0.407 e. The standard InChI is InChI=1S/C29H32F3N5O3/c1-17(2)12-22(27(39)35-28(16-33)8-9-28)34-26(29(30,31)32)18-4-6-20-21-14-19(5-7-23(21)40-24(20)13-18)37-11-10-36(3)15-25(37)38/h4-7,13-14,17,22,26,34H,8-12,15H2,1-3H3,(H,35,39). The van der Waals surface area contributed by atoms with E-state index in [2.05, 4.69) is 16.7 Å². The maximum absolute atomic E-state index is 14.4. The van der Waals surface area contributed by atoms with Crippen LogP contribution in [0.4, 0.5) is 18.9 Å². The molecule has 8 nitrogen and oxygen atoms in total. The molecule has 1 aliphatic carbocycles. The van der Waals surface area contributed by atoms with Gasteiger partial charge in [0.15, 0.2) is 0 Å². The molecule has 5 rings (SSSR count). The number of carbonyl (C=O) groups is 2. The first-order valence-electron chi connectivity index (χ1n) is 13.4. The average Bonchev–Trinajstić information content (AvgIpc) is 3.56. The van der Waals surface area contributed by atoms with Crippen molar-refractivity contribution in [3.8, 4) is 6.07 Å². The minimum Gasteiger partial charge on any atom is -0.456 e. The Bertz CT molecular complexity index is 1490. The van der Waals surface area contributed by atoms with Crippen molar-refractivity contribution in [2.75, 3.05) is 31.6 Å². The molecule has 0 bridgehead atoms. The van der Waals surface area contributed by atoms with Crippen molar-refractivity contribution in [1.29, 1.82) is 5.26 Å². The first-order valence-corrected chi connectivity index (χ1v) is 13.4. The largest absolute Gasteiger partial charge is 0.456 e. The number of halogens is 3. The quantitative estimate of drug-likeness (QED) is 0.420. The van der Waals surface area contributed by atoms with Gasteiger partial charge in [0.1, 0.15) is 22.7 Å². The van der Waals surface area contributed by atoms with Crippen molar-refractivity contribution >= 4 is 39.4 Å². The van der Waals surface area contributed by atoms with Crippen molar-refractivity contribution in [1.82, 2.24) is 15.5 Å². The topological polar surface area (TPSA) is 102 Å². The van der Waals surface area contributed by atoms with Crippen LogP contribution < -0.4 is 15.5 Å². The van der Waals surface area contributed by atoms with E-state index in [9.17, 15) is 28.0 Å². The van der Waals surface area contributed by atoms with Gasteiger partial charge in [0.05, 0.1) is 18.7 Å². The monoisotopic (exact) mass is 555 g/mol. The SMILES string of the molecule is CC(C)CC(NC(c1ccc2c(c1)oc1ccc(N3CCN(C)CC3=O)cc12)C(F)(F)F)C(=O)NC1(C#N)CC1. The van der Waals surface area contributed by atoms with E-state index in [1.807, 2.05) is 31.9 Å². The van der Waals surface area contributed by atoms with Crippen molar-refractivity contribution in [3.63, 3.8) is 0 Å². The van der Waals surface area contributed by atoms with E-state index in [-0.39, 0.29) is 29.4 Å². The number of alkyl halides is 3. The van der Waals surface area contributed by atoms with Gasteiger partial charge in [-0.2, -0.15) is 18.4 Å². The lowest BCUT2D eigenvalue weighted by Crippen LogP contribution is -2.52. The molecule has 3 aromatic rings. The molecule has 2 N–H and O–H groups in total. The zero-order chi connectivity index (χ0) is 28.8. The van der Waals surface area contributed by atoms with Gasteiger partial charge in [0.2, 0.25) is 11.8 Å². The normalized spacial score (nSPS) is 19.1. The van der Waals surface area contributed by atoms with E-state index in [4.69, 9.17) is 4.42 Å². The van der Waals surface area contributed by atoms with E-state index in [1.165, 1.54) is 12.1 Å². The lowest BCUT2D eigenvalue weighted by atomic mass is 9.98. The van der Waals surface area contributed by atoms with Crippen LogP contribution in [0, 0.1) is 17.2 Å². The summed E-state index contributed by atoms with van der Waals surface area (Å²) in [5, 5.41) is 15.8. The average molecular weight is 556 g/mol. The third-order valence-corrected chi connectivity index (χ3v) is 7.58. The van der Waals surface area contributed by atoms with Crippen molar-refractivity contribution in [2.24, 2.45) is 5.92 Å². The number of hydrogen-bond donors (Lipinski definition) is 2. The Kier molecular flexibility index (Phi) is 7.27. The minimum atomic E-state index is -4.70. The summed E-state index contributed by atoms with van der Waals surface area (Å²) in [5.74, 6) is -0.698. The van der Waals surface area contributed by atoms with Gasteiger partial charge >= 0.3 is 6.18 Å². The number of rotatable bonds is 8. The van der Waals surface area contributed by atoms with E-state index in [0.717, 1.165) is 6.54 Å². The Balaban J connectivity index is 1.46. The molecular formula is C29H32F3N5O3. The molecule has 2 amide bonds. The molecule has 40 heavy (non-hydrogen) atoms. The molecule has 2 unspecified atom stereocenters. The van der Waals surface area contributed by atoms with Gasteiger partial charge in [0.25, 0.3) is 0 Å². The highest BCUT2D eigenvalue weighted by Crippen LogP contribution is 2.39. The van der Waals surface area contributed by atoms with Gasteiger partial charge in [-0.25, -0.2) is 0 Å². The van der Waals surface area contributed by atoms with Crippen LogP contribution in [0.3, 0.4) is 0 Å². The van der Waals surface area contributed by atoms with Crippen LogP contribution in [0.25, 0.3) is 21.9 Å². The number of benzene rings is 2. The van der Waals surface area contributed by atoms with E-state index >= 15 is 0 Å². The molecule has 1 saturated heterocycles.